The van der Waals surface area contributed by atoms with Crippen molar-refractivity contribution in [1.82, 2.24) is 0 Å². The summed E-state index contributed by atoms with van der Waals surface area (Å²) in [5, 5.41) is 0. The summed E-state index contributed by atoms with van der Waals surface area (Å²) >= 11 is -4.15. The van der Waals surface area contributed by atoms with Gasteiger partial charge in [0.25, 0.3) is 0 Å². The van der Waals surface area contributed by atoms with E-state index in [9.17, 15) is 5.18 Å². The van der Waals surface area contributed by atoms with Crippen LogP contribution in [0.1, 0.15) is 0 Å². The zero-order chi connectivity index (χ0) is 4.12. The molecule has 5 heavy (non-hydrogen) atoms. The first-order valence-corrected chi connectivity index (χ1v) is 5.63. The van der Waals surface area contributed by atoms with E-state index in [1.165, 1.54) is 0 Å². The first kappa shape index (κ1) is 6.61. The van der Waals surface area contributed by atoms with E-state index < -0.39 is 49.2 Å². The summed E-state index contributed by atoms with van der Waals surface area (Å²) in [6.45, 7) is 0. The Kier molecular flexibility index (Phi) is 7.42. The fourth-order valence-electron chi connectivity index (χ4n) is 0.00972. The van der Waals surface area contributed by atoms with Gasteiger partial charge in [-0.1, -0.05) is 0 Å². The zero-order valence-electron chi connectivity index (χ0n) is 1.98. The van der Waals surface area contributed by atoms with E-state index in [1.54, 1.807) is 0 Å². The molecule has 0 atom stereocenters. The topological polar surface area (TPSA) is 9.23 Å². The van der Waals surface area contributed by atoms with Crippen molar-refractivity contribution in [1.29, 1.82) is 0 Å². The molecule has 0 aromatic carbocycles. The molecule has 0 heterocycles. The normalized spacial score (nSPS) is 8.40. The van der Waals surface area contributed by atoms with Crippen LogP contribution in [-0.2, 0) is 0.806 Å². The standard InChI is InChI=1S/2FH.O.2Po/h2*1H;;;/q;;;2*+1/p-2. The fraction of sp³-hybridized carbons (Fsp3) is 0. The summed E-state index contributed by atoms with van der Waals surface area (Å²) in [5.74, 6) is 0. The van der Waals surface area contributed by atoms with Crippen molar-refractivity contribution in [3.05, 3.63) is 0 Å². The second-order valence-corrected chi connectivity index (χ2v) is 6.34. The molecule has 0 amide bonds. The number of halogens is 2. The summed E-state index contributed by atoms with van der Waals surface area (Å²) < 4.78 is 25.3. The van der Waals surface area contributed by atoms with Gasteiger partial charge in [0.15, 0.2) is 0 Å². The average Bonchev–Trinajstić information content (AvgIpc) is 1.41. The Morgan fingerprint density at radius 2 is 1.60 bits per heavy atom. The van der Waals surface area contributed by atoms with Crippen molar-refractivity contribution in [2.24, 2.45) is 0 Å². The van der Waals surface area contributed by atoms with E-state index in [2.05, 4.69) is 0.806 Å². The molecule has 0 radical (unpaired) electrons. The summed E-state index contributed by atoms with van der Waals surface area (Å²) in [5.41, 5.74) is 0. The van der Waals surface area contributed by atoms with Crippen LogP contribution in [0.15, 0.2) is 0 Å². The van der Waals surface area contributed by atoms with Crippen LogP contribution in [-0.4, -0.2) is 49.2 Å². The second kappa shape index (κ2) is 5.61. The Hall–Kier alpha value is 1.61. The molecule has 0 aliphatic carbocycles. The van der Waals surface area contributed by atoms with Crippen LogP contribution in [0.4, 0.5) is 5.18 Å². The fourth-order valence-corrected chi connectivity index (χ4v) is 0.748. The Balaban J connectivity index is 2.19. The van der Waals surface area contributed by atoms with Crippen LogP contribution in [0.5, 0.6) is 0 Å². The van der Waals surface area contributed by atoms with Gasteiger partial charge in [0.1, 0.15) is 0 Å². The molecule has 0 saturated carbocycles. The SMILES string of the molecule is [F][Po][O][Po][F]. The molecular weight excluding hydrogens is 472 g/mol. The van der Waals surface area contributed by atoms with Crippen molar-refractivity contribution in [3.8, 4) is 0 Å². The van der Waals surface area contributed by atoms with E-state index >= 15 is 0 Å². The molecule has 0 aliphatic rings. The molecule has 0 fully saturated rings. The van der Waals surface area contributed by atoms with Gasteiger partial charge in [-0.3, -0.25) is 0 Å². The van der Waals surface area contributed by atoms with Gasteiger partial charge in [0, 0.05) is 0 Å². The molecule has 0 rings (SSSR count). The van der Waals surface area contributed by atoms with Crippen LogP contribution in [0.3, 0.4) is 0 Å². The molecule has 0 N–H and O–H groups in total. The van der Waals surface area contributed by atoms with Gasteiger partial charge >= 0.3 is 55.2 Å². The van der Waals surface area contributed by atoms with Crippen LogP contribution in [0, 0.1) is 0 Å². The Morgan fingerprint density at radius 1 is 1.20 bits per heavy atom. The minimum absolute atomic E-state index is 2.07. The van der Waals surface area contributed by atoms with Crippen molar-refractivity contribution >= 4 is 49.2 Å². The molecule has 0 aliphatic heterocycles. The third kappa shape index (κ3) is 5.61. The molecule has 5 heteroatoms. The van der Waals surface area contributed by atoms with Gasteiger partial charge < -0.3 is 0 Å². The first-order chi connectivity index (χ1) is 2.41. The molecule has 0 saturated heterocycles. The third-order valence-corrected chi connectivity index (χ3v) is 3.96. The van der Waals surface area contributed by atoms with Gasteiger partial charge in [-0.2, -0.15) is 0 Å². The van der Waals surface area contributed by atoms with Crippen molar-refractivity contribution in [3.63, 3.8) is 0 Å². The number of hydrogen-bond donors (Lipinski definition) is 0. The molecule has 32 valence electrons. The maximum absolute atomic E-state index is 10.7. The summed E-state index contributed by atoms with van der Waals surface area (Å²) in [4.78, 5) is 0. The molecule has 1 nitrogen and oxygen atoms in total. The summed E-state index contributed by atoms with van der Waals surface area (Å²) in [6.07, 6.45) is 0. The van der Waals surface area contributed by atoms with Crippen molar-refractivity contribution < 1.29 is 5.98 Å². The van der Waals surface area contributed by atoms with Gasteiger partial charge in [0.05, 0.1) is 0 Å². The van der Waals surface area contributed by atoms with Gasteiger partial charge in [0.2, 0.25) is 0 Å². The predicted octanol–water partition coefficient (Wildman–Crippen LogP) is 0.0104. The van der Waals surface area contributed by atoms with E-state index in [0.717, 1.165) is 0 Å². The second-order valence-electron chi connectivity index (χ2n) is 0.194. The Bertz CT molecular complexity index is 15.1. The van der Waals surface area contributed by atoms with E-state index in [1.807, 2.05) is 0 Å². The average molecular weight is 472 g/mol. The van der Waals surface area contributed by atoms with Gasteiger partial charge in [-0.05, 0) is 0 Å². The van der Waals surface area contributed by atoms with E-state index in [-0.39, 0.29) is 0 Å². The zero-order valence-corrected chi connectivity index (χ0v) is 8.33. The molecule has 0 aromatic heterocycles. The van der Waals surface area contributed by atoms with Gasteiger partial charge in [-0.15, -0.1) is 0 Å². The van der Waals surface area contributed by atoms with E-state index in [4.69, 9.17) is 0 Å². The van der Waals surface area contributed by atoms with Crippen LogP contribution >= 0.6 is 0 Å². The molecule has 0 unspecified atom stereocenters. The van der Waals surface area contributed by atoms with Crippen LogP contribution in [0.25, 0.3) is 0 Å². The van der Waals surface area contributed by atoms with Crippen molar-refractivity contribution in [2.45, 2.75) is 0 Å². The molecule has 0 aromatic rings. The summed E-state index contributed by atoms with van der Waals surface area (Å²) in [6, 6.07) is 0. The predicted molar refractivity (Wildman–Crippen MR) is 14.8 cm³/mol. The number of hydrogen-bond acceptors (Lipinski definition) is 1. The monoisotopic (exact) mass is 472 g/mol. The maximum atomic E-state index is 10.7. The minimum atomic E-state index is -2.07. The van der Waals surface area contributed by atoms with Crippen LogP contribution in [0.2, 0.25) is 0 Å². The molecule has 0 bridgehead atoms. The Morgan fingerprint density at radius 3 is 1.60 bits per heavy atom. The molecule has 0 spiro atoms. The first-order valence-electron chi connectivity index (χ1n) is 0.642. The van der Waals surface area contributed by atoms with Crippen molar-refractivity contribution in [2.75, 3.05) is 0 Å². The van der Waals surface area contributed by atoms with Gasteiger partial charge in [-0.25, -0.2) is 0 Å². The quantitative estimate of drug-likeness (QED) is 0.551. The van der Waals surface area contributed by atoms with Crippen LogP contribution < -0.4 is 0 Å². The number of rotatable bonds is 2. The third-order valence-electron chi connectivity index (χ3n) is 0.0514. The summed E-state index contributed by atoms with van der Waals surface area (Å²) in [7, 11) is 0. The molecular formula is F2OPo2. The Labute approximate surface area is 54.7 Å². The van der Waals surface area contributed by atoms with E-state index in [0.29, 0.717) is 0 Å².